The first kappa shape index (κ1) is 16.6. The second kappa shape index (κ2) is 6.35. The zero-order chi connectivity index (χ0) is 15.4. The maximum atomic E-state index is 11.9. The summed E-state index contributed by atoms with van der Waals surface area (Å²) in [4.78, 5) is 0. The van der Waals surface area contributed by atoms with Crippen LogP contribution in [0.5, 0.6) is 0 Å². The van der Waals surface area contributed by atoms with Gasteiger partial charge in [-0.05, 0) is 17.7 Å². The van der Waals surface area contributed by atoms with Crippen molar-refractivity contribution >= 4 is 19.9 Å². The van der Waals surface area contributed by atoms with Crippen LogP contribution in [0.4, 0.5) is 0 Å². The predicted octanol–water partition coefficient (Wildman–Crippen LogP) is 0.364. The van der Waals surface area contributed by atoms with E-state index in [1.165, 1.54) is 7.05 Å². The first-order valence-electron chi connectivity index (χ1n) is 5.75. The molecule has 0 aliphatic carbocycles. The number of nitriles is 1. The topological polar surface area (TPSA) is 95.3 Å². The number of hydrogen-bond donors (Lipinski definition) is 0. The van der Waals surface area contributed by atoms with Crippen molar-refractivity contribution < 1.29 is 16.8 Å². The number of benzene rings is 1. The number of nitrogens with zero attached hydrogens (tertiary/aromatic N) is 2. The Balaban J connectivity index is 2.79. The van der Waals surface area contributed by atoms with Crippen LogP contribution in [0.2, 0.25) is 0 Å². The van der Waals surface area contributed by atoms with E-state index in [9.17, 15) is 16.8 Å². The molecule has 0 bridgehead atoms. The maximum Gasteiger partial charge on any atom is 0.215 e. The largest absolute Gasteiger partial charge is 0.229 e. The molecule has 0 atom stereocenters. The molecule has 0 amide bonds. The van der Waals surface area contributed by atoms with E-state index in [4.69, 9.17) is 5.26 Å². The molecule has 20 heavy (non-hydrogen) atoms. The molecule has 0 unspecified atom stereocenters. The van der Waals surface area contributed by atoms with Crippen molar-refractivity contribution in [2.24, 2.45) is 0 Å². The molecule has 0 radical (unpaired) electrons. The van der Waals surface area contributed by atoms with Crippen molar-refractivity contribution in [3.05, 3.63) is 35.4 Å². The van der Waals surface area contributed by atoms with Gasteiger partial charge >= 0.3 is 0 Å². The molecular formula is C12H16N2O4S2. The highest BCUT2D eigenvalue weighted by atomic mass is 32.2. The highest BCUT2D eigenvalue weighted by molar-refractivity contribution is 7.93. The quantitative estimate of drug-likeness (QED) is 0.755. The molecule has 6 nitrogen and oxygen atoms in total. The summed E-state index contributed by atoms with van der Waals surface area (Å²) >= 11 is 0. The summed E-state index contributed by atoms with van der Waals surface area (Å²) in [5, 5.41) is 8.78. The van der Waals surface area contributed by atoms with Gasteiger partial charge in [-0.1, -0.05) is 12.1 Å². The van der Waals surface area contributed by atoms with Crippen molar-refractivity contribution in [2.75, 3.05) is 24.8 Å². The van der Waals surface area contributed by atoms with Crippen LogP contribution in [0.1, 0.15) is 11.1 Å². The third kappa shape index (κ3) is 5.28. The van der Waals surface area contributed by atoms with E-state index in [-0.39, 0.29) is 6.54 Å². The Hall–Kier alpha value is -1.43. The smallest absolute Gasteiger partial charge is 0.215 e. The molecule has 0 heterocycles. The van der Waals surface area contributed by atoms with Gasteiger partial charge < -0.3 is 0 Å². The molecule has 0 saturated heterocycles. The van der Waals surface area contributed by atoms with Gasteiger partial charge in [0.2, 0.25) is 10.0 Å². The number of sulfone groups is 1. The average Bonchev–Trinajstić information content (AvgIpc) is 2.36. The van der Waals surface area contributed by atoms with E-state index < -0.39 is 31.4 Å². The van der Waals surface area contributed by atoms with E-state index in [0.717, 1.165) is 10.6 Å². The van der Waals surface area contributed by atoms with Crippen LogP contribution in [0.15, 0.2) is 24.3 Å². The second-order valence-electron chi connectivity index (χ2n) is 4.51. The number of hydrogen-bond acceptors (Lipinski definition) is 5. The Morgan fingerprint density at radius 3 is 2.40 bits per heavy atom. The third-order valence-corrected chi connectivity index (χ3v) is 5.65. The van der Waals surface area contributed by atoms with Gasteiger partial charge in [0.25, 0.3) is 0 Å². The van der Waals surface area contributed by atoms with Gasteiger partial charge in [-0.2, -0.15) is 5.26 Å². The number of rotatable bonds is 6. The second-order valence-corrected chi connectivity index (χ2v) is 8.97. The fourth-order valence-electron chi connectivity index (χ4n) is 1.51. The van der Waals surface area contributed by atoms with E-state index in [1.807, 2.05) is 6.07 Å². The molecule has 0 aromatic heterocycles. The molecule has 0 N–H and O–H groups in total. The molecule has 0 fully saturated rings. The standard InChI is InChI=1S/C12H16N2O4S2/c1-14(20(17,18)7-6-19(2,15)16)10-12-5-3-4-11(8-12)9-13/h3-5,8H,6-7,10H2,1-2H3. The molecule has 1 rings (SSSR count). The Morgan fingerprint density at radius 2 is 1.85 bits per heavy atom. The summed E-state index contributed by atoms with van der Waals surface area (Å²) in [5.74, 6) is -0.849. The normalized spacial score (nSPS) is 12.3. The zero-order valence-electron chi connectivity index (χ0n) is 11.3. The van der Waals surface area contributed by atoms with Crippen LogP contribution in [0.3, 0.4) is 0 Å². The molecule has 0 aliphatic heterocycles. The lowest BCUT2D eigenvalue weighted by molar-refractivity contribution is 0.467. The predicted molar refractivity (Wildman–Crippen MR) is 76.1 cm³/mol. The summed E-state index contributed by atoms with van der Waals surface area (Å²) in [6.07, 6.45) is 0.999. The van der Waals surface area contributed by atoms with Gasteiger partial charge in [0.1, 0.15) is 9.84 Å². The minimum atomic E-state index is -3.64. The zero-order valence-corrected chi connectivity index (χ0v) is 12.9. The fourth-order valence-corrected chi connectivity index (χ4v) is 4.22. The minimum Gasteiger partial charge on any atom is -0.229 e. The SMILES string of the molecule is CN(Cc1cccc(C#N)c1)S(=O)(=O)CCS(C)(=O)=O. The molecular weight excluding hydrogens is 300 g/mol. The van der Waals surface area contributed by atoms with Crippen LogP contribution < -0.4 is 0 Å². The molecule has 110 valence electrons. The van der Waals surface area contributed by atoms with E-state index in [1.54, 1.807) is 24.3 Å². The van der Waals surface area contributed by atoms with Gasteiger partial charge in [0.05, 0.1) is 23.1 Å². The summed E-state index contributed by atoms with van der Waals surface area (Å²) in [6.45, 7) is 0.0988. The van der Waals surface area contributed by atoms with E-state index in [2.05, 4.69) is 0 Å². The highest BCUT2D eigenvalue weighted by Crippen LogP contribution is 2.10. The lowest BCUT2D eigenvalue weighted by Gasteiger charge is -2.17. The van der Waals surface area contributed by atoms with Crippen molar-refractivity contribution in [1.29, 1.82) is 5.26 Å². The molecule has 1 aromatic carbocycles. The van der Waals surface area contributed by atoms with Gasteiger partial charge in [-0.25, -0.2) is 21.1 Å². The molecule has 1 aromatic rings. The van der Waals surface area contributed by atoms with E-state index >= 15 is 0 Å². The van der Waals surface area contributed by atoms with Crippen LogP contribution in [-0.2, 0) is 26.4 Å². The van der Waals surface area contributed by atoms with Crippen LogP contribution in [0, 0.1) is 11.3 Å². The highest BCUT2D eigenvalue weighted by Gasteiger charge is 2.20. The number of sulfonamides is 1. The molecule has 8 heteroatoms. The first-order valence-corrected chi connectivity index (χ1v) is 9.42. The Morgan fingerprint density at radius 1 is 1.20 bits per heavy atom. The summed E-state index contributed by atoms with van der Waals surface area (Å²) in [6, 6.07) is 8.59. The van der Waals surface area contributed by atoms with Crippen LogP contribution in [0.25, 0.3) is 0 Å². The first-order chi connectivity index (χ1) is 9.14. The van der Waals surface area contributed by atoms with Gasteiger partial charge in [0.15, 0.2) is 0 Å². The monoisotopic (exact) mass is 316 g/mol. The average molecular weight is 316 g/mol. The van der Waals surface area contributed by atoms with Gasteiger partial charge in [0, 0.05) is 19.8 Å². The Labute approximate surface area is 119 Å². The van der Waals surface area contributed by atoms with Crippen molar-refractivity contribution in [3.8, 4) is 6.07 Å². The Bertz CT molecular complexity index is 718. The maximum absolute atomic E-state index is 11.9. The fraction of sp³-hybridized carbons (Fsp3) is 0.417. The van der Waals surface area contributed by atoms with E-state index in [0.29, 0.717) is 11.1 Å². The molecule has 0 spiro atoms. The van der Waals surface area contributed by atoms with Crippen LogP contribution in [-0.4, -0.2) is 45.9 Å². The Kier molecular flexibility index (Phi) is 5.28. The minimum absolute atomic E-state index is 0.0988. The van der Waals surface area contributed by atoms with Crippen molar-refractivity contribution in [1.82, 2.24) is 4.31 Å². The molecule has 0 saturated carbocycles. The van der Waals surface area contributed by atoms with Gasteiger partial charge in [-0.15, -0.1) is 0 Å². The van der Waals surface area contributed by atoms with Crippen LogP contribution >= 0.6 is 0 Å². The van der Waals surface area contributed by atoms with Gasteiger partial charge in [-0.3, -0.25) is 0 Å². The summed E-state index contributed by atoms with van der Waals surface area (Å²) < 4.78 is 47.0. The lowest BCUT2D eigenvalue weighted by atomic mass is 10.1. The molecule has 0 aliphatic rings. The third-order valence-electron chi connectivity index (χ3n) is 2.65. The summed E-state index contributed by atoms with van der Waals surface area (Å²) in [7, 11) is -5.58. The van der Waals surface area contributed by atoms with Crippen molar-refractivity contribution in [2.45, 2.75) is 6.54 Å². The van der Waals surface area contributed by atoms with Crippen molar-refractivity contribution in [3.63, 3.8) is 0 Å². The summed E-state index contributed by atoms with van der Waals surface area (Å²) in [5.41, 5.74) is 1.12. The lowest BCUT2D eigenvalue weighted by Crippen LogP contribution is -2.31.